The van der Waals surface area contributed by atoms with Gasteiger partial charge in [-0.05, 0) is 74.4 Å². The number of carboxylic acids is 1. The molecule has 2 aromatic rings. The number of anilines is 1. The highest BCUT2D eigenvalue weighted by Gasteiger charge is 2.36. The summed E-state index contributed by atoms with van der Waals surface area (Å²) in [6, 6.07) is 8.62. The van der Waals surface area contributed by atoms with Gasteiger partial charge in [0.1, 0.15) is 6.54 Å². The van der Waals surface area contributed by atoms with Crippen molar-refractivity contribution < 1.29 is 33.8 Å². The second kappa shape index (κ2) is 11.1. The Labute approximate surface area is 207 Å². The summed E-state index contributed by atoms with van der Waals surface area (Å²) in [4.78, 5) is 49.8. The van der Waals surface area contributed by atoms with Crippen LogP contribution >= 0.6 is 11.8 Å². The van der Waals surface area contributed by atoms with Crippen molar-refractivity contribution in [3.63, 3.8) is 0 Å². The average molecular weight is 499 g/mol. The standard InChI is InChI=1S/C25H26N2O7S/c1-5-33-19-10-17(6-7-18(19)34-13-22(29)30)11-20-24(31)27(25(32)35-20)12-21(28)26-23-15(3)8-14(2)9-16(23)4/h6-11H,5,12-13H2,1-4H3,(H,26,28)(H,29,30)/b20-11+. The summed E-state index contributed by atoms with van der Waals surface area (Å²) < 4.78 is 10.7. The third kappa shape index (κ3) is 6.42. The summed E-state index contributed by atoms with van der Waals surface area (Å²) in [6.07, 6.45) is 1.51. The van der Waals surface area contributed by atoms with Gasteiger partial charge in [0.2, 0.25) is 5.91 Å². The minimum absolute atomic E-state index is 0.159. The Balaban J connectivity index is 1.74. The molecule has 1 fully saturated rings. The lowest BCUT2D eigenvalue weighted by Crippen LogP contribution is -2.36. The monoisotopic (exact) mass is 498 g/mol. The molecule has 184 valence electrons. The van der Waals surface area contributed by atoms with E-state index in [4.69, 9.17) is 14.6 Å². The third-order valence-corrected chi connectivity index (χ3v) is 5.94. The Hall–Kier alpha value is -3.79. The van der Waals surface area contributed by atoms with Gasteiger partial charge in [-0.25, -0.2) is 4.79 Å². The fourth-order valence-electron chi connectivity index (χ4n) is 3.63. The predicted octanol–water partition coefficient (Wildman–Crippen LogP) is 4.15. The highest BCUT2D eigenvalue weighted by atomic mass is 32.2. The first-order valence-corrected chi connectivity index (χ1v) is 11.6. The van der Waals surface area contributed by atoms with Crippen LogP contribution in [0.25, 0.3) is 6.08 Å². The van der Waals surface area contributed by atoms with Crippen LogP contribution in [0.15, 0.2) is 35.2 Å². The molecule has 0 bridgehead atoms. The van der Waals surface area contributed by atoms with Gasteiger partial charge in [0.25, 0.3) is 11.1 Å². The van der Waals surface area contributed by atoms with Crippen molar-refractivity contribution in [2.24, 2.45) is 0 Å². The number of carboxylic acid groups (broad SMARTS) is 1. The number of aryl methyl sites for hydroxylation is 3. The number of nitrogens with zero attached hydrogens (tertiary/aromatic N) is 1. The van der Waals surface area contributed by atoms with Crippen LogP contribution in [-0.2, 0) is 14.4 Å². The first kappa shape index (κ1) is 25.8. The van der Waals surface area contributed by atoms with E-state index < -0.39 is 36.2 Å². The summed E-state index contributed by atoms with van der Waals surface area (Å²) in [5.74, 6) is -1.61. The van der Waals surface area contributed by atoms with E-state index in [-0.39, 0.29) is 10.7 Å². The van der Waals surface area contributed by atoms with Crippen LogP contribution < -0.4 is 14.8 Å². The Morgan fingerprint density at radius 3 is 2.37 bits per heavy atom. The summed E-state index contributed by atoms with van der Waals surface area (Å²) >= 11 is 0.740. The van der Waals surface area contributed by atoms with E-state index in [1.807, 2.05) is 32.9 Å². The van der Waals surface area contributed by atoms with E-state index in [2.05, 4.69) is 5.32 Å². The zero-order valence-corrected chi connectivity index (χ0v) is 20.7. The summed E-state index contributed by atoms with van der Waals surface area (Å²) in [5.41, 5.74) is 4.08. The zero-order chi connectivity index (χ0) is 25.7. The maximum Gasteiger partial charge on any atom is 0.341 e. The zero-order valence-electron chi connectivity index (χ0n) is 19.8. The molecule has 0 atom stereocenters. The van der Waals surface area contributed by atoms with Gasteiger partial charge >= 0.3 is 5.97 Å². The number of carbonyl (C=O) groups excluding carboxylic acids is 3. The first-order chi connectivity index (χ1) is 16.6. The molecule has 0 saturated carbocycles. The Bertz CT molecular complexity index is 1200. The molecule has 9 nitrogen and oxygen atoms in total. The minimum Gasteiger partial charge on any atom is -0.490 e. The molecule has 10 heteroatoms. The number of rotatable bonds is 9. The highest BCUT2D eigenvalue weighted by molar-refractivity contribution is 8.18. The molecule has 2 aromatic carbocycles. The maximum atomic E-state index is 12.9. The Kier molecular flexibility index (Phi) is 8.18. The molecule has 0 radical (unpaired) electrons. The number of hydrogen-bond donors (Lipinski definition) is 2. The molecule has 0 aliphatic carbocycles. The average Bonchev–Trinajstić information content (AvgIpc) is 3.03. The predicted molar refractivity (Wildman–Crippen MR) is 133 cm³/mol. The Morgan fingerprint density at radius 1 is 1.06 bits per heavy atom. The number of amides is 3. The lowest BCUT2D eigenvalue weighted by Gasteiger charge is -2.16. The van der Waals surface area contributed by atoms with Gasteiger partial charge in [-0.15, -0.1) is 0 Å². The van der Waals surface area contributed by atoms with Crippen molar-refractivity contribution in [2.75, 3.05) is 25.1 Å². The summed E-state index contributed by atoms with van der Waals surface area (Å²) in [7, 11) is 0. The molecule has 1 aliphatic rings. The number of nitrogens with one attached hydrogen (secondary N) is 1. The summed E-state index contributed by atoms with van der Waals surface area (Å²) in [5, 5.41) is 11.1. The van der Waals surface area contributed by atoms with Crippen LogP contribution in [0.1, 0.15) is 29.2 Å². The van der Waals surface area contributed by atoms with Gasteiger partial charge < -0.3 is 19.9 Å². The van der Waals surface area contributed by atoms with E-state index in [0.717, 1.165) is 33.4 Å². The quantitative estimate of drug-likeness (QED) is 0.495. The van der Waals surface area contributed by atoms with Gasteiger partial charge in [0, 0.05) is 5.69 Å². The van der Waals surface area contributed by atoms with Gasteiger partial charge in [0.05, 0.1) is 11.5 Å². The lowest BCUT2D eigenvalue weighted by molar-refractivity contribution is -0.139. The molecular formula is C25H26N2O7S. The molecule has 0 spiro atoms. The van der Waals surface area contributed by atoms with E-state index in [0.29, 0.717) is 23.6 Å². The molecule has 1 saturated heterocycles. The van der Waals surface area contributed by atoms with Crippen molar-refractivity contribution >= 4 is 46.5 Å². The Morgan fingerprint density at radius 2 is 1.74 bits per heavy atom. The van der Waals surface area contributed by atoms with Crippen LogP contribution in [-0.4, -0.2) is 52.8 Å². The number of thioether (sulfide) groups is 1. The van der Waals surface area contributed by atoms with E-state index in [1.54, 1.807) is 19.1 Å². The molecule has 0 aromatic heterocycles. The van der Waals surface area contributed by atoms with Crippen molar-refractivity contribution in [3.05, 3.63) is 57.5 Å². The fraction of sp³-hybridized carbons (Fsp3) is 0.280. The highest BCUT2D eigenvalue weighted by Crippen LogP contribution is 2.35. The fourth-order valence-corrected chi connectivity index (χ4v) is 4.47. The molecule has 1 heterocycles. The smallest absolute Gasteiger partial charge is 0.341 e. The van der Waals surface area contributed by atoms with Crippen molar-refractivity contribution in [1.29, 1.82) is 0 Å². The largest absolute Gasteiger partial charge is 0.490 e. The number of benzene rings is 2. The van der Waals surface area contributed by atoms with Crippen LogP contribution in [0, 0.1) is 20.8 Å². The van der Waals surface area contributed by atoms with Gasteiger partial charge in [-0.1, -0.05) is 23.8 Å². The van der Waals surface area contributed by atoms with Crippen LogP contribution in [0.3, 0.4) is 0 Å². The van der Waals surface area contributed by atoms with Gasteiger partial charge in [0.15, 0.2) is 18.1 Å². The number of imide groups is 1. The van der Waals surface area contributed by atoms with Crippen LogP contribution in [0.5, 0.6) is 11.5 Å². The topological polar surface area (TPSA) is 122 Å². The third-order valence-electron chi connectivity index (χ3n) is 5.03. The number of aliphatic carboxylic acids is 1. The second-order valence-corrected chi connectivity index (χ2v) is 8.90. The van der Waals surface area contributed by atoms with Crippen LogP contribution in [0.4, 0.5) is 10.5 Å². The molecular weight excluding hydrogens is 472 g/mol. The van der Waals surface area contributed by atoms with Gasteiger partial charge in [-0.3, -0.25) is 19.3 Å². The van der Waals surface area contributed by atoms with Crippen LogP contribution in [0.2, 0.25) is 0 Å². The molecule has 3 amide bonds. The van der Waals surface area contributed by atoms with Crippen molar-refractivity contribution in [3.8, 4) is 11.5 Å². The summed E-state index contributed by atoms with van der Waals surface area (Å²) in [6.45, 7) is 6.89. The number of carbonyl (C=O) groups is 4. The first-order valence-electron chi connectivity index (χ1n) is 10.8. The van der Waals surface area contributed by atoms with E-state index in [1.165, 1.54) is 12.1 Å². The minimum atomic E-state index is -1.12. The SMILES string of the molecule is CCOc1cc(/C=C2/SC(=O)N(CC(=O)Nc3c(C)cc(C)cc3C)C2=O)ccc1OCC(=O)O. The van der Waals surface area contributed by atoms with E-state index in [9.17, 15) is 19.2 Å². The number of hydrogen-bond acceptors (Lipinski definition) is 7. The second-order valence-electron chi connectivity index (χ2n) is 7.91. The maximum absolute atomic E-state index is 12.9. The molecule has 2 N–H and O–H groups in total. The van der Waals surface area contributed by atoms with E-state index >= 15 is 0 Å². The molecule has 35 heavy (non-hydrogen) atoms. The molecule has 0 unspecified atom stereocenters. The van der Waals surface area contributed by atoms with Gasteiger partial charge in [-0.2, -0.15) is 0 Å². The normalized spacial score (nSPS) is 14.4. The lowest BCUT2D eigenvalue weighted by atomic mass is 10.1. The number of ether oxygens (including phenoxy) is 2. The van der Waals surface area contributed by atoms with Crippen molar-refractivity contribution in [2.45, 2.75) is 27.7 Å². The van der Waals surface area contributed by atoms with Crippen molar-refractivity contribution in [1.82, 2.24) is 4.90 Å². The molecule has 1 aliphatic heterocycles. The molecule has 3 rings (SSSR count).